The average molecular weight is 266 g/mol. The smallest absolute Gasteiger partial charge is 0.280 e. The quantitative estimate of drug-likeness (QED) is 0.783. The molecule has 0 aliphatic carbocycles. The summed E-state index contributed by atoms with van der Waals surface area (Å²) in [4.78, 5) is 3.76. The third kappa shape index (κ3) is 2.20. The maximum atomic E-state index is 12.4. The first kappa shape index (κ1) is 11.4. The van der Waals surface area contributed by atoms with Crippen LogP contribution in [0.15, 0.2) is 6.07 Å². The zero-order valence-corrected chi connectivity index (χ0v) is 9.44. The predicted molar refractivity (Wildman–Crippen MR) is 53.1 cm³/mol. The highest BCUT2D eigenvalue weighted by Gasteiger charge is 2.15. The van der Waals surface area contributed by atoms with E-state index in [9.17, 15) is 8.78 Å². The van der Waals surface area contributed by atoms with Crippen LogP contribution in [0.3, 0.4) is 0 Å². The Morgan fingerprint density at radius 1 is 1.57 bits per heavy atom. The molecular weight excluding hydrogens is 256 g/mol. The van der Waals surface area contributed by atoms with Crippen LogP contribution in [0, 0.1) is 6.92 Å². The van der Waals surface area contributed by atoms with Gasteiger partial charge in [-0.2, -0.15) is 0 Å². The average Bonchev–Trinajstić information content (AvgIpc) is 2.16. The van der Waals surface area contributed by atoms with Crippen LogP contribution >= 0.6 is 15.9 Å². The molecule has 0 aliphatic heterocycles. The molecule has 0 aromatic carbocycles. The maximum Gasteiger partial charge on any atom is 0.280 e. The van der Waals surface area contributed by atoms with Crippen LogP contribution in [-0.4, -0.2) is 12.1 Å². The zero-order valence-electron chi connectivity index (χ0n) is 7.85. The number of halogens is 3. The van der Waals surface area contributed by atoms with Gasteiger partial charge in [-0.25, -0.2) is 13.8 Å². The number of nitrogens with zero attached hydrogens (tertiary/aromatic N) is 1. The van der Waals surface area contributed by atoms with Crippen molar-refractivity contribution < 1.29 is 13.5 Å². The number of pyridine rings is 1. The summed E-state index contributed by atoms with van der Waals surface area (Å²) in [5, 5.41) is 0.471. The molecule has 2 nitrogen and oxygen atoms in total. The Labute approximate surface area is 89.4 Å². The van der Waals surface area contributed by atoms with Gasteiger partial charge >= 0.3 is 0 Å². The standard InChI is InChI=1S/C9H10BrF2NO/c1-5-8(14-2)6(4-10)3-7(13-5)9(11)12/h3,9H,4H2,1-2H3. The molecule has 0 N–H and O–H groups in total. The van der Waals surface area contributed by atoms with Gasteiger partial charge in [-0.1, -0.05) is 15.9 Å². The van der Waals surface area contributed by atoms with Crippen LogP contribution in [-0.2, 0) is 5.33 Å². The molecule has 14 heavy (non-hydrogen) atoms. The number of alkyl halides is 3. The molecule has 5 heteroatoms. The largest absolute Gasteiger partial charge is 0.495 e. The van der Waals surface area contributed by atoms with E-state index >= 15 is 0 Å². The molecule has 1 heterocycles. The van der Waals surface area contributed by atoms with Crippen molar-refractivity contribution in [1.29, 1.82) is 0 Å². The van der Waals surface area contributed by atoms with Gasteiger partial charge in [0.2, 0.25) is 0 Å². The number of rotatable bonds is 3. The first-order valence-electron chi connectivity index (χ1n) is 3.98. The molecular formula is C9H10BrF2NO. The van der Waals surface area contributed by atoms with E-state index in [0.717, 1.165) is 0 Å². The molecule has 0 unspecified atom stereocenters. The summed E-state index contributed by atoms with van der Waals surface area (Å²) in [5.74, 6) is 0.561. The Kier molecular flexibility index (Phi) is 3.80. The fraction of sp³-hybridized carbons (Fsp3) is 0.444. The van der Waals surface area contributed by atoms with Crippen molar-refractivity contribution in [3.8, 4) is 5.75 Å². The van der Waals surface area contributed by atoms with Gasteiger partial charge in [-0.15, -0.1) is 0 Å². The number of aryl methyl sites for hydroxylation is 1. The van der Waals surface area contributed by atoms with Crippen molar-refractivity contribution >= 4 is 15.9 Å². The van der Waals surface area contributed by atoms with E-state index in [2.05, 4.69) is 20.9 Å². The molecule has 0 bridgehead atoms. The third-order valence-electron chi connectivity index (χ3n) is 1.81. The molecule has 0 aliphatic rings. The van der Waals surface area contributed by atoms with E-state index < -0.39 is 6.43 Å². The normalized spacial score (nSPS) is 10.7. The second-order valence-electron chi connectivity index (χ2n) is 2.76. The van der Waals surface area contributed by atoms with E-state index in [1.807, 2.05) is 0 Å². The molecule has 0 saturated heterocycles. The Balaban J connectivity index is 3.24. The summed E-state index contributed by atoms with van der Waals surface area (Å²) >= 11 is 3.21. The lowest BCUT2D eigenvalue weighted by Gasteiger charge is -2.10. The highest BCUT2D eigenvalue weighted by atomic mass is 79.9. The van der Waals surface area contributed by atoms with Crippen LogP contribution in [0.1, 0.15) is 23.4 Å². The van der Waals surface area contributed by atoms with Gasteiger partial charge in [0.1, 0.15) is 11.4 Å². The molecule has 78 valence electrons. The summed E-state index contributed by atoms with van der Waals surface area (Å²) < 4.78 is 29.8. The van der Waals surface area contributed by atoms with Crippen molar-refractivity contribution in [2.45, 2.75) is 18.7 Å². The molecule has 0 radical (unpaired) electrons. The van der Waals surface area contributed by atoms with Crippen LogP contribution in [0.4, 0.5) is 8.78 Å². The first-order valence-corrected chi connectivity index (χ1v) is 5.10. The van der Waals surface area contributed by atoms with Gasteiger partial charge in [0.15, 0.2) is 0 Å². The topological polar surface area (TPSA) is 22.1 Å². The minimum atomic E-state index is -2.54. The monoisotopic (exact) mass is 265 g/mol. The molecule has 0 fully saturated rings. The summed E-state index contributed by atoms with van der Waals surface area (Å²) in [6, 6.07) is 1.35. The van der Waals surface area contributed by atoms with Gasteiger partial charge in [0.25, 0.3) is 6.43 Å². The van der Waals surface area contributed by atoms with Gasteiger partial charge < -0.3 is 4.74 Å². The van der Waals surface area contributed by atoms with Gasteiger partial charge in [0.05, 0.1) is 12.8 Å². The molecule has 0 saturated carbocycles. The van der Waals surface area contributed by atoms with E-state index in [1.54, 1.807) is 6.92 Å². The van der Waals surface area contributed by atoms with Gasteiger partial charge in [-0.3, -0.25) is 0 Å². The van der Waals surface area contributed by atoms with Crippen LogP contribution in [0.2, 0.25) is 0 Å². The van der Waals surface area contributed by atoms with Crippen LogP contribution < -0.4 is 4.74 Å². The highest BCUT2D eigenvalue weighted by molar-refractivity contribution is 9.08. The molecule has 0 amide bonds. The van der Waals surface area contributed by atoms with Crippen molar-refractivity contribution in [1.82, 2.24) is 4.98 Å². The number of hydrogen-bond donors (Lipinski definition) is 0. The molecule has 0 atom stereocenters. The van der Waals surface area contributed by atoms with Crippen LogP contribution in [0.5, 0.6) is 5.75 Å². The first-order chi connectivity index (χ1) is 6.60. The summed E-state index contributed by atoms with van der Waals surface area (Å²) in [7, 11) is 1.50. The lowest BCUT2D eigenvalue weighted by atomic mass is 10.2. The molecule has 0 spiro atoms. The Bertz CT molecular complexity index is 331. The van der Waals surface area contributed by atoms with Crippen molar-refractivity contribution in [3.05, 3.63) is 23.0 Å². The second kappa shape index (κ2) is 4.68. The lowest BCUT2D eigenvalue weighted by Crippen LogP contribution is -2.00. The van der Waals surface area contributed by atoms with E-state index in [-0.39, 0.29) is 5.69 Å². The van der Waals surface area contributed by atoms with Crippen molar-refractivity contribution in [2.24, 2.45) is 0 Å². The predicted octanol–water partition coefficient (Wildman–Crippen LogP) is 3.23. The molecule has 1 rings (SSSR count). The van der Waals surface area contributed by atoms with E-state index in [4.69, 9.17) is 4.74 Å². The number of ether oxygens (including phenoxy) is 1. The fourth-order valence-electron chi connectivity index (χ4n) is 1.24. The second-order valence-corrected chi connectivity index (χ2v) is 3.32. The minimum Gasteiger partial charge on any atom is -0.495 e. The zero-order chi connectivity index (χ0) is 10.7. The lowest BCUT2D eigenvalue weighted by molar-refractivity contribution is 0.145. The number of aromatic nitrogens is 1. The Hall–Kier alpha value is -0.710. The highest BCUT2D eigenvalue weighted by Crippen LogP contribution is 2.28. The summed E-state index contributed by atoms with van der Waals surface area (Å²) in [6.07, 6.45) is -2.54. The SMILES string of the molecule is COc1c(CBr)cc(C(F)F)nc1C. The summed E-state index contributed by atoms with van der Waals surface area (Å²) in [6.45, 7) is 1.65. The third-order valence-corrected chi connectivity index (χ3v) is 2.41. The Morgan fingerprint density at radius 2 is 2.21 bits per heavy atom. The van der Waals surface area contributed by atoms with Gasteiger partial charge in [0, 0.05) is 10.9 Å². The van der Waals surface area contributed by atoms with E-state index in [1.165, 1.54) is 13.2 Å². The Morgan fingerprint density at radius 3 is 2.64 bits per heavy atom. The van der Waals surface area contributed by atoms with Crippen molar-refractivity contribution in [2.75, 3.05) is 7.11 Å². The summed E-state index contributed by atoms with van der Waals surface area (Å²) in [5.41, 5.74) is 0.966. The maximum absolute atomic E-state index is 12.4. The number of methoxy groups -OCH3 is 1. The molecule has 1 aromatic heterocycles. The minimum absolute atomic E-state index is 0.210. The fourth-order valence-corrected chi connectivity index (χ4v) is 1.66. The van der Waals surface area contributed by atoms with Gasteiger partial charge in [-0.05, 0) is 13.0 Å². The van der Waals surface area contributed by atoms with Crippen molar-refractivity contribution in [3.63, 3.8) is 0 Å². The number of hydrogen-bond acceptors (Lipinski definition) is 2. The molecule has 1 aromatic rings. The van der Waals surface area contributed by atoms with Crippen LogP contribution in [0.25, 0.3) is 0 Å². The van der Waals surface area contributed by atoms with E-state index in [0.29, 0.717) is 22.3 Å².